The first-order valence-corrected chi connectivity index (χ1v) is 7.31. The first-order valence-electron chi connectivity index (χ1n) is 6.43. The fraction of sp³-hybridized carbons (Fsp3) is 0.538. The molecule has 0 fully saturated rings. The predicted octanol–water partition coefficient (Wildman–Crippen LogP) is 0.494. The third kappa shape index (κ3) is 3.17. The number of carboxylic acids is 1. The largest absolute Gasteiger partial charge is 0.479 e. The summed E-state index contributed by atoms with van der Waals surface area (Å²) < 4.78 is 4.88. The zero-order valence-corrected chi connectivity index (χ0v) is 12.1. The summed E-state index contributed by atoms with van der Waals surface area (Å²) in [4.78, 5) is 26.2. The SMILES string of the molecule is COCCNCC(=O)N1CCc2sccc2C1C(=O)O. The van der Waals surface area contributed by atoms with Gasteiger partial charge in [0.2, 0.25) is 5.91 Å². The second kappa shape index (κ2) is 6.83. The molecule has 0 radical (unpaired) electrons. The summed E-state index contributed by atoms with van der Waals surface area (Å²) in [7, 11) is 1.59. The number of ether oxygens (including phenoxy) is 1. The molecule has 1 aromatic heterocycles. The molecule has 2 rings (SSSR count). The Kier molecular flexibility index (Phi) is 5.11. The maximum atomic E-state index is 12.2. The van der Waals surface area contributed by atoms with Gasteiger partial charge in [-0.05, 0) is 23.4 Å². The van der Waals surface area contributed by atoms with Crippen LogP contribution in [0.4, 0.5) is 0 Å². The number of carboxylic acid groups (broad SMARTS) is 1. The van der Waals surface area contributed by atoms with E-state index in [1.54, 1.807) is 24.5 Å². The Morgan fingerprint density at radius 3 is 3.10 bits per heavy atom. The number of hydrogen-bond acceptors (Lipinski definition) is 5. The molecule has 1 aromatic rings. The number of methoxy groups -OCH3 is 1. The van der Waals surface area contributed by atoms with Crippen LogP contribution in [-0.2, 0) is 20.7 Å². The summed E-state index contributed by atoms with van der Waals surface area (Å²) in [6, 6.07) is 0.943. The number of nitrogens with zero attached hydrogens (tertiary/aromatic N) is 1. The van der Waals surface area contributed by atoms with Gasteiger partial charge in [-0.3, -0.25) is 4.79 Å². The van der Waals surface area contributed by atoms with Crippen molar-refractivity contribution in [3.8, 4) is 0 Å². The predicted molar refractivity (Wildman–Crippen MR) is 74.9 cm³/mol. The van der Waals surface area contributed by atoms with Gasteiger partial charge in [0, 0.05) is 25.1 Å². The van der Waals surface area contributed by atoms with Gasteiger partial charge in [-0.15, -0.1) is 11.3 Å². The van der Waals surface area contributed by atoms with E-state index in [1.807, 2.05) is 5.38 Å². The first kappa shape index (κ1) is 15.0. The zero-order chi connectivity index (χ0) is 14.5. The van der Waals surface area contributed by atoms with Gasteiger partial charge in [0.25, 0.3) is 0 Å². The minimum absolute atomic E-state index is 0.132. The second-order valence-electron chi connectivity index (χ2n) is 4.55. The zero-order valence-electron chi connectivity index (χ0n) is 11.3. The van der Waals surface area contributed by atoms with Crippen molar-refractivity contribution >= 4 is 23.2 Å². The van der Waals surface area contributed by atoms with Crippen LogP contribution in [0, 0.1) is 0 Å². The highest BCUT2D eigenvalue weighted by molar-refractivity contribution is 7.10. The summed E-state index contributed by atoms with van der Waals surface area (Å²) in [6.07, 6.45) is 0.723. The monoisotopic (exact) mass is 298 g/mol. The van der Waals surface area contributed by atoms with E-state index in [0.29, 0.717) is 19.7 Å². The van der Waals surface area contributed by atoms with Crippen LogP contribution < -0.4 is 5.32 Å². The molecule has 0 aliphatic carbocycles. The Labute approximate surface area is 121 Å². The van der Waals surface area contributed by atoms with Crippen molar-refractivity contribution in [1.82, 2.24) is 10.2 Å². The van der Waals surface area contributed by atoms with Crippen molar-refractivity contribution in [3.05, 3.63) is 21.9 Å². The Morgan fingerprint density at radius 1 is 1.60 bits per heavy atom. The molecule has 0 aromatic carbocycles. The van der Waals surface area contributed by atoms with E-state index in [-0.39, 0.29) is 12.5 Å². The average Bonchev–Trinajstić information content (AvgIpc) is 2.90. The van der Waals surface area contributed by atoms with Crippen molar-refractivity contribution in [2.24, 2.45) is 0 Å². The van der Waals surface area contributed by atoms with Crippen molar-refractivity contribution in [1.29, 1.82) is 0 Å². The quantitative estimate of drug-likeness (QED) is 0.748. The summed E-state index contributed by atoms with van der Waals surface area (Å²) in [6.45, 7) is 1.67. The van der Waals surface area contributed by atoms with E-state index in [9.17, 15) is 14.7 Å². The molecular weight excluding hydrogens is 280 g/mol. The lowest BCUT2D eigenvalue weighted by Crippen LogP contribution is -2.46. The Hall–Kier alpha value is -1.44. The van der Waals surface area contributed by atoms with Crippen LogP contribution in [0.15, 0.2) is 11.4 Å². The van der Waals surface area contributed by atoms with E-state index < -0.39 is 12.0 Å². The van der Waals surface area contributed by atoms with Gasteiger partial charge in [0.1, 0.15) is 0 Å². The van der Waals surface area contributed by atoms with Gasteiger partial charge in [-0.1, -0.05) is 0 Å². The molecule has 0 saturated heterocycles. The number of carbonyl (C=O) groups is 2. The highest BCUT2D eigenvalue weighted by Gasteiger charge is 2.36. The van der Waals surface area contributed by atoms with E-state index in [2.05, 4.69) is 5.32 Å². The summed E-state index contributed by atoms with van der Waals surface area (Å²) in [5, 5.41) is 14.2. The maximum Gasteiger partial charge on any atom is 0.331 e. The topological polar surface area (TPSA) is 78.9 Å². The van der Waals surface area contributed by atoms with E-state index in [0.717, 1.165) is 16.9 Å². The highest BCUT2D eigenvalue weighted by atomic mass is 32.1. The molecule has 0 bridgehead atoms. The van der Waals surface area contributed by atoms with Crippen molar-refractivity contribution in [2.45, 2.75) is 12.5 Å². The summed E-state index contributed by atoms with van der Waals surface area (Å²) in [5.74, 6) is -1.17. The third-order valence-electron chi connectivity index (χ3n) is 3.28. The Bertz CT molecular complexity index is 488. The van der Waals surface area contributed by atoms with Gasteiger partial charge < -0.3 is 20.1 Å². The first-order chi connectivity index (χ1) is 9.65. The van der Waals surface area contributed by atoms with E-state index in [1.165, 1.54) is 4.90 Å². The Balaban J connectivity index is 2.04. The molecule has 1 unspecified atom stereocenters. The van der Waals surface area contributed by atoms with Crippen molar-refractivity contribution in [2.75, 3.05) is 33.4 Å². The van der Waals surface area contributed by atoms with Gasteiger partial charge in [-0.2, -0.15) is 0 Å². The molecule has 0 saturated carbocycles. The van der Waals surface area contributed by atoms with Crippen LogP contribution in [-0.4, -0.2) is 55.2 Å². The molecule has 0 spiro atoms. The van der Waals surface area contributed by atoms with Gasteiger partial charge in [0.05, 0.1) is 13.2 Å². The number of nitrogens with one attached hydrogen (secondary N) is 1. The van der Waals surface area contributed by atoms with Crippen LogP contribution in [0.1, 0.15) is 16.5 Å². The number of fused-ring (bicyclic) bond motifs is 1. The van der Waals surface area contributed by atoms with Crippen LogP contribution in [0.25, 0.3) is 0 Å². The molecule has 6 nitrogen and oxygen atoms in total. The van der Waals surface area contributed by atoms with Crippen molar-refractivity contribution < 1.29 is 19.4 Å². The lowest BCUT2D eigenvalue weighted by Gasteiger charge is -2.33. The molecule has 2 N–H and O–H groups in total. The maximum absolute atomic E-state index is 12.2. The molecular formula is C13H18N2O4S. The van der Waals surface area contributed by atoms with Gasteiger partial charge in [0.15, 0.2) is 6.04 Å². The molecule has 2 heterocycles. The fourth-order valence-corrected chi connectivity index (χ4v) is 3.23. The normalized spacial score (nSPS) is 17.9. The minimum Gasteiger partial charge on any atom is -0.479 e. The molecule has 20 heavy (non-hydrogen) atoms. The Morgan fingerprint density at radius 2 is 2.40 bits per heavy atom. The molecule has 110 valence electrons. The molecule has 1 atom stereocenters. The molecule has 1 amide bonds. The molecule has 1 aliphatic rings. The lowest BCUT2D eigenvalue weighted by molar-refractivity contribution is -0.150. The van der Waals surface area contributed by atoms with E-state index in [4.69, 9.17) is 4.74 Å². The van der Waals surface area contributed by atoms with Crippen molar-refractivity contribution in [3.63, 3.8) is 0 Å². The van der Waals surface area contributed by atoms with Crippen LogP contribution in [0.2, 0.25) is 0 Å². The molecule has 7 heteroatoms. The second-order valence-corrected chi connectivity index (χ2v) is 5.55. The number of amides is 1. The highest BCUT2D eigenvalue weighted by Crippen LogP contribution is 2.33. The number of hydrogen-bond donors (Lipinski definition) is 2. The minimum atomic E-state index is -0.977. The number of carbonyl (C=O) groups excluding carboxylic acids is 1. The lowest BCUT2D eigenvalue weighted by atomic mass is 10.00. The van der Waals surface area contributed by atoms with Crippen LogP contribution >= 0.6 is 11.3 Å². The number of rotatable bonds is 6. The van der Waals surface area contributed by atoms with Crippen LogP contribution in [0.3, 0.4) is 0 Å². The number of thiophene rings is 1. The van der Waals surface area contributed by atoms with Crippen LogP contribution in [0.5, 0.6) is 0 Å². The summed E-state index contributed by atoms with van der Waals surface area (Å²) in [5.41, 5.74) is 0.749. The number of aliphatic carboxylic acids is 1. The van der Waals surface area contributed by atoms with Gasteiger partial charge in [-0.25, -0.2) is 4.79 Å². The van der Waals surface area contributed by atoms with E-state index >= 15 is 0 Å². The average molecular weight is 298 g/mol. The fourth-order valence-electron chi connectivity index (χ4n) is 2.32. The standard InChI is InChI=1S/C13H18N2O4S/c1-19-6-4-14-8-11(16)15-5-2-10-9(3-7-20-10)12(15)13(17)18/h3,7,12,14H,2,4-6,8H2,1H3,(H,17,18). The third-order valence-corrected chi connectivity index (χ3v) is 4.28. The van der Waals surface area contributed by atoms with Gasteiger partial charge >= 0.3 is 5.97 Å². The summed E-state index contributed by atoms with van der Waals surface area (Å²) >= 11 is 1.55. The smallest absolute Gasteiger partial charge is 0.331 e. The molecule has 1 aliphatic heterocycles.